The first-order valence-corrected chi connectivity index (χ1v) is 10.4. The first-order valence-electron chi connectivity index (χ1n) is 10.4. The van der Waals surface area contributed by atoms with E-state index in [-0.39, 0.29) is 24.8 Å². The van der Waals surface area contributed by atoms with E-state index in [9.17, 15) is 9.59 Å². The number of aryl methyl sites for hydroxylation is 2. The van der Waals surface area contributed by atoms with Gasteiger partial charge in [-0.05, 0) is 66.9 Å². The third-order valence-corrected chi connectivity index (χ3v) is 5.52. The lowest BCUT2D eigenvalue weighted by atomic mass is 10.1. The van der Waals surface area contributed by atoms with Crippen LogP contribution in [0.3, 0.4) is 0 Å². The summed E-state index contributed by atoms with van der Waals surface area (Å²) in [6.45, 7) is 3.81. The van der Waals surface area contributed by atoms with Gasteiger partial charge in [-0.3, -0.25) is 14.6 Å². The minimum absolute atomic E-state index is 0.0883. The van der Waals surface area contributed by atoms with Crippen molar-refractivity contribution < 1.29 is 14.3 Å². The highest BCUT2D eigenvalue weighted by Gasteiger charge is 2.27. The number of anilines is 2. The Hall–Kier alpha value is -3.93. The molecule has 162 valence electrons. The number of ether oxygens (including phenoxy) is 1. The quantitative estimate of drug-likeness (QED) is 0.635. The van der Waals surface area contributed by atoms with E-state index in [2.05, 4.69) is 5.32 Å². The van der Waals surface area contributed by atoms with Crippen LogP contribution in [0.5, 0.6) is 5.75 Å². The van der Waals surface area contributed by atoms with Crippen molar-refractivity contribution in [2.24, 2.45) is 4.99 Å². The summed E-state index contributed by atoms with van der Waals surface area (Å²) in [5.74, 6) is 0.305. The van der Waals surface area contributed by atoms with Crippen molar-refractivity contribution in [3.05, 3.63) is 83.4 Å². The summed E-state index contributed by atoms with van der Waals surface area (Å²) in [5, 5.41) is 2.97. The normalized spacial score (nSPS) is 13.2. The van der Waals surface area contributed by atoms with Crippen LogP contribution in [0.4, 0.5) is 17.1 Å². The van der Waals surface area contributed by atoms with Crippen LogP contribution in [-0.2, 0) is 9.59 Å². The number of carbonyl (C=O) groups excluding carboxylic acids is 2. The van der Waals surface area contributed by atoms with Crippen molar-refractivity contribution in [2.75, 3.05) is 23.9 Å². The average Bonchev–Trinajstić information content (AvgIpc) is 2.93. The summed E-state index contributed by atoms with van der Waals surface area (Å²) in [7, 11) is 1.61. The summed E-state index contributed by atoms with van der Waals surface area (Å²) in [6.07, 6.45) is 0.0949. The molecule has 0 unspecified atom stereocenters. The van der Waals surface area contributed by atoms with Crippen LogP contribution >= 0.6 is 0 Å². The number of methoxy groups -OCH3 is 1. The van der Waals surface area contributed by atoms with Gasteiger partial charge in [0.05, 0.1) is 30.6 Å². The molecule has 0 atom stereocenters. The minimum Gasteiger partial charge on any atom is -0.497 e. The van der Waals surface area contributed by atoms with Crippen molar-refractivity contribution in [3.8, 4) is 5.75 Å². The molecule has 6 heteroatoms. The number of aliphatic imine (C=N–C) groups is 1. The summed E-state index contributed by atoms with van der Waals surface area (Å²) in [6, 6.07) is 20.7. The highest BCUT2D eigenvalue weighted by molar-refractivity contribution is 6.19. The second-order valence-electron chi connectivity index (χ2n) is 7.75. The predicted octanol–water partition coefficient (Wildman–Crippen LogP) is 4.81. The van der Waals surface area contributed by atoms with Gasteiger partial charge in [0.1, 0.15) is 12.3 Å². The van der Waals surface area contributed by atoms with Gasteiger partial charge in [-0.1, -0.05) is 30.3 Å². The van der Waals surface area contributed by atoms with Crippen LogP contribution in [-0.4, -0.2) is 31.2 Å². The van der Waals surface area contributed by atoms with E-state index in [0.717, 1.165) is 28.1 Å². The van der Waals surface area contributed by atoms with Gasteiger partial charge < -0.3 is 15.0 Å². The Labute approximate surface area is 187 Å². The molecule has 1 heterocycles. The average molecular weight is 428 g/mol. The molecule has 1 N–H and O–H groups in total. The molecule has 0 bridgehead atoms. The lowest BCUT2D eigenvalue weighted by molar-refractivity contribution is -0.120. The fraction of sp³-hybridized carbons (Fsp3) is 0.192. The van der Waals surface area contributed by atoms with Gasteiger partial charge >= 0.3 is 0 Å². The smallest absolute Gasteiger partial charge is 0.244 e. The first-order chi connectivity index (χ1) is 15.5. The third-order valence-electron chi connectivity index (χ3n) is 5.52. The van der Waals surface area contributed by atoms with Gasteiger partial charge in [0, 0.05) is 5.69 Å². The molecule has 0 saturated heterocycles. The number of hydrogen-bond acceptors (Lipinski definition) is 4. The van der Waals surface area contributed by atoms with Gasteiger partial charge in [0.25, 0.3) is 0 Å². The van der Waals surface area contributed by atoms with Gasteiger partial charge in [-0.25, -0.2) is 0 Å². The summed E-state index contributed by atoms with van der Waals surface area (Å²) < 4.78 is 5.23. The Morgan fingerprint density at radius 3 is 2.38 bits per heavy atom. The number of nitrogens with one attached hydrogen (secondary N) is 1. The SMILES string of the molecule is COc1ccc(C2=Nc3ccccc3N(CC(=O)Nc3c(C)cccc3C)C(=O)C2)cc1. The molecular formula is C26H25N3O3. The number of rotatable bonds is 5. The second-order valence-corrected chi connectivity index (χ2v) is 7.75. The van der Waals surface area contributed by atoms with Crippen LogP contribution in [0.1, 0.15) is 23.1 Å². The molecule has 0 aliphatic carbocycles. The van der Waals surface area contributed by atoms with Gasteiger partial charge in [-0.2, -0.15) is 0 Å². The van der Waals surface area contributed by atoms with Crippen molar-refractivity contribution in [3.63, 3.8) is 0 Å². The molecule has 0 radical (unpaired) electrons. The molecule has 32 heavy (non-hydrogen) atoms. The maximum atomic E-state index is 13.2. The molecule has 6 nitrogen and oxygen atoms in total. The molecule has 0 spiro atoms. The lowest BCUT2D eigenvalue weighted by Crippen LogP contribution is -2.38. The van der Waals surface area contributed by atoms with Crippen molar-refractivity contribution >= 4 is 34.6 Å². The summed E-state index contributed by atoms with van der Waals surface area (Å²) >= 11 is 0. The maximum absolute atomic E-state index is 13.2. The number of amides is 2. The number of benzene rings is 3. The molecule has 1 aliphatic heterocycles. The van der Waals surface area contributed by atoms with Crippen molar-refractivity contribution in [1.82, 2.24) is 0 Å². The Morgan fingerprint density at radius 1 is 1.00 bits per heavy atom. The van der Waals surface area contributed by atoms with Gasteiger partial charge in [0.15, 0.2) is 0 Å². The molecular weight excluding hydrogens is 402 g/mol. The zero-order chi connectivity index (χ0) is 22.7. The number of carbonyl (C=O) groups is 2. The predicted molar refractivity (Wildman–Crippen MR) is 127 cm³/mol. The Kier molecular flexibility index (Phi) is 6.03. The number of hydrogen-bond donors (Lipinski definition) is 1. The standard InChI is InChI=1S/C26H25N3O3/c1-17-7-6-8-18(2)26(17)28-24(30)16-29-23-10-5-4-9-21(23)27-22(15-25(29)31)19-11-13-20(32-3)14-12-19/h4-14H,15-16H2,1-3H3,(H,28,30). The molecule has 1 aliphatic rings. The van der Waals surface area contributed by atoms with E-state index in [0.29, 0.717) is 17.1 Å². The molecule has 2 amide bonds. The lowest BCUT2D eigenvalue weighted by Gasteiger charge is -2.22. The Morgan fingerprint density at radius 2 is 1.69 bits per heavy atom. The van der Waals surface area contributed by atoms with Gasteiger partial charge in [0.2, 0.25) is 11.8 Å². The minimum atomic E-state index is -0.251. The molecule has 0 fully saturated rings. The highest BCUT2D eigenvalue weighted by atomic mass is 16.5. The zero-order valence-corrected chi connectivity index (χ0v) is 18.4. The Balaban J connectivity index is 1.61. The molecule has 0 aromatic heterocycles. The monoisotopic (exact) mass is 427 g/mol. The maximum Gasteiger partial charge on any atom is 0.244 e. The number of fused-ring (bicyclic) bond motifs is 1. The number of nitrogens with zero attached hydrogens (tertiary/aromatic N) is 2. The third kappa shape index (κ3) is 4.39. The van der Waals surface area contributed by atoms with Crippen LogP contribution in [0, 0.1) is 13.8 Å². The first kappa shape index (κ1) is 21.3. The van der Waals surface area contributed by atoms with Crippen molar-refractivity contribution in [2.45, 2.75) is 20.3 Å². The van der Waals surface area contributed by atoms with Crippen LogP contribution in [0.2, 0.25) is 0 Å². The van der Waals surface area contributed by atoms with E-state index >= 15 is 0 Å². The fourth-order valence-corrected chi connectivity index (χ4v) is 3.80. The van der Waals surface area contributed by atoms with Crippen molar-refractivity contribution in [1.29, 1.82) is 0 Å². The zero-order valence-electron chi connectivity index (χ0n) is 18.4. The fourth-order valence-electron chi connectivity index (χ4n) is 3.80. The number of para-hydroxylation sites is 3. The van der Waals surface area contributed by atoms with E-state index in [1.807, 2.05) is 80.6 Å². The second kappa shape index (κ2) is 9.06. The molecule has 3 aromatic rings. The molecule has 3 aromatic carbocycles. The topological polar surface area (TPSA) is 71.0 Å². The van der Waals surface area contributed by atoms with E-state index in [1.165, 1.54) is 4.90 Å². The van der Waals surface area contributed by atoms with E-state index < -0.39 is 0 Å². The van der Waals surface area contributed by atoms with Crippen LogP contribution in [0.15, 0.2) is 71.7 Å². The summed E-state index contributed by atoms with van der Waals surface area (Å²) in [5.41, 5.74) is 5.51. The van der Waals surface area contributed by atoms with Crippen LogP contribution in [0.25, 0.3) is 0 Å². The van der Waals surface area contributed by atoms with E-state index in [1.54, 1.807) is 7.11 Å². The molecule has 0 saturated carbocycles. The van der Waals surface area contributed by atoms with Gasteiger partial charge in [-0.15, -0.1) is 0 Å². The summed E-state index contributed by atoms with van der Waals surface area (Å²) in [4.78, 5) is 32.4. The highest BCUT2D eigenvalue weighted by Crippen LogP contribution is 2.33. The van der Waals surface area contributed by atoms with Crippen LogP contribution < -0.4 is 15.0 Å². The molecule has 4 rings (SSSR count). The van der Waals surface area contributed by atoms with E-state index in [4.69, 9.17) is 9.73 Å². The largest absolute Gasteiger partial charge is 0.497 e. The Bertz CT molecular complexity index is 1180.